The van der Waals surface area contributed by atoms with Gasteiger partial charge in [-0.15, -0.1) is 0 Å². The molecule has 1 aromatic heterocycles. The number of hydrogen-bond donors (Lipinski definition) is 1. The number of rotatable bonds is 3. The van der Waals surface area contributed by atoms with Gasteiger partial charge < -0.3 is 14.5 Å². The molecule has 1 aromatic rings. The summed E-state index contributed by atoms with van der Waals surface area (Å²) in [6.07, 6.45) is 4.65. The van der Waals surface area contributed by atoms with E-state index in [4.69, 9.17) is 4.74 Å². The van der Waals surface area contributed by atoms with Crippen molar-refractivity contribution in [3.8, 4) is 0 Å². The number of H-pyrrole nitrogens is 1. The summed E-state index contributed by atoms with van der Waals surface area (Å²) in [5, 5.41) is 0. The molecule has 1 N–H and O–H groups in total. The highest BCUT2D eigenvalue weighted by Gasteiger charge is 2.38. The average molecular weight is 306 g/mol. The Bertz CT molecular complexity index is 547. The van der Waals surface area contributed by atoms with Crippen molar-refractivity contribution >= 4 is 12.4 Å². The van der Waals surface area contributed by atoms with Crippen molar-refractivity contribution in [1.29, 1.82) is 0 Å². The Kier molecular flexibility index (Phi) is 4.36. The van der Waals surface area contributed by atoms with Crippen molar-refractivity contribution < 1.29 is 14.3 Å². The van der Waals surface area contributed by atoms with Crippen LogP contribution in [0.3, 0.4) is 0 Å². The number of aromatic amines is 1. The molecule has 1 heterocycles. The number of carbonyl (C=O) groups excluding carboxylic acids is 2. The van der Waals surface area contributed by atoms with Crippen LogP contribution in [0.2, 0.25) is 0 Å². The van der Waals surface area contributed by atoms with Crippen molar-refractivity contribution in [1.82, 2.24) is 9.88 Å². The van der Waals surface area contributed by atoms with Gasteiger partial charge in [-0.3, -0.25) is 4.90 Å². The molecular weight excluding hydrogens is 280 g/mol. The van der Waals surface area contributed by atoms with E-state index >= 15 is 0 Å². The number of aryl methyl sites for hydroxylation is 2. The van der Waals surface area contributed by atoms with Crippen LogP contribution in [-0.2, 0) is 27.9 Å². The minimum Gasteiger partial charge on any atom is -0.444 e. The van der Waals surface area contributed by atoms with Gasteiger partial charge in [-0.25, -0.2) is 4.79 Å². The molecule has 1 atom stereocenters. The summed E-state index contributed by atoms with van der Waals surface area (Å²) < 4.78 is 5.39. The zero-order valence-corrected chi connectivity index (χ0v) is 14.2. The molecular formula is C17H26N2O3. The second-order valence-corrected chi connectivity index (χ2v) is 7.20. The molecule has 5 heteroatoms. The van der Waals surface area contributed by atoms with E-state index in [1.54, 1.807) is 14.0 Å². The average Bonchev–Trinajstić information content (AvgIpc) is 2.88. The zero-order valence-electron chi connectivity index (χ0n) is 14.2. The Morgan fingerprint density at radius 3 is 2.45 bits per heavy atom. The summed E-state index contributed by atoms with van der Waals surface area (Å²) in [6, 6.07) is 2.02. The van der Waals surface area contributed by atoms with Crippen LogP contribution in [0.25, 0.3) is 0 Å². The standard InChI is InChI=1S/C17H26N2O3/c1-16(2,3)22-15(21)19(5)17(4,11-20)14-10-12-8-6-7-9-13(12)18-14/h10-11,18H,6-9H2,1-5H3. The topological polar surface area (TPSA) is 62.4 Å². The van der Waals surface area contributed by atoms with E-state index in [2.05, 4.69) is 4.98 Å². The second kappa shape index (κ2) is 5.78. The molecule has 1 aliphatic rings. The number of likely N-dealkylation sites (N-methyl/N-ethyl adjacent to an activating group) is 1. The van der Waals surface area contributed by atoms with Gasteiger partial charge in [0.1, 0.15) is 11.1 Å². The molecule has 5 nitrogen and oxygen atoms in total. The highest BCUT2D eigenvalue weighted by molar-refractivity contribution is 5.77. The monoisotopic (exact) mass is 306 g/mol. The smallest absolute Gasteiger partial charge is 0.411 e. The number of amides is 1. The third-order valence-corrected chi connectivity index (χ3v) is 4.25. The van der Waals surface area contributed by atoms with Gasteiger partial charge >= 0.3 is 6.09 Å². The molecule has 1 amide bonds. The molecule has 0 aliphatic heterocycles. The van der Waals surface area contributed by atoms with Crippen LogP contribution in [0.5, 0.6) is 0 Å². The molecule has 1 aliphatic carbocycles. The maximum atomic E-state index is 12.3. The predicted octanol–water partition coefficient (Wildman–Crippen LogP) is 3.17. The minimum atomic E-state index is -1.06. The zero-order chi connectivity index (χ0) is 16.5. The number of aldehydes is 1. The van der Waals surface area contributed by atoms with Crippen molar-refractivity contribution in [2.24, 2.45) is 0 Å². The number of fused-ring (bicyclic) bond motifs is 1. The summed E-state index contributed by atoms with van der Waals surface area (Å²) in [7, 11) is 1.60. The fourth-order valence-electron chi connectivity index (χ4n) is 2.72. The molecule has 22 heavy (non-hydrogen) atoms. The lowest BCUT2D eigenvalue weighted by Crippen LogP contribution is -2.48. The summed E-state index contributed by atoms with van der Waals surface area (Å²) in [5.41, 5.74) is 1.55. The summed E-state index contributed by atoms with van der Waals surface area (Å²) in [6.45, 7) is 7.17. The number of hydrogen-bond acceptors (Lipinski definition) is 3. The highest BCUT2D eigenvalue weighted by atomic mass is 16.6. The molecule has 0 saturated heterocycles. The Labute approximate surface area is 132 Å². The van der Waals surface area contributed by atoms with Crippen LogP contribution >= 0.6 is 0 Å². The third kappa shape index (κ3) is 3.18. The third-order valence-electron chi connectivity index (χ3n) is 4.25. The van der Waals surface area contributed by atoms with Gasteiger partial charge in [0, 0.05) is 18.4 Å². The molecule has 2 rings (SSSR count). The maximum Gasteiger partial charge on any atom is 0.411 e. The van der Waals surface area contributed by atoms with Crippen molar-refractivity contribution in [3.05, 3.63) is 23.0 Å². The van der Waals surface area contributed by atoms with Gasteiger partial charge in [0.25, 0.3) is 0 Å². The van der Waals surface area contributed by atoms with Crippen LogP contribution in [0.15, 0.2) is 6.07 Å². The molecule has 122 valence electrons. The number of ether oxygens (including phenoxy) is 1. The van der Waals surface area contributed by atoms with Crippen molar-refractivity contribution in [3.63, 3.8) is 0 Å². The summed E-state index contributed by atoms with van der Waals surface area (Å²) in [5.74, 6) is 0. The lowest BCUT2D eigenvalue weighted by atomic mass is 9.95. The normalized spacial score (nSPS) is 17.3. The van der Waals surface area contributed by atoms with Crippen LogP contribution < -0.4 is 0 Å². The fraction of sp³-hybridized carbons (Fsp3) is 0.647. The first-order valence-corrected chi connectivity index (χ1v) is 7.82. The predicted molar refractivity (Wildman–Crippen MR) is 84.8 cm³/mol. The van der Waals surface area contributed by atoms with Gasteiger partial charge in [0.15, 0.2) is 6.29 Å². The molecule has 0 radical (unpaired) electrons. The lowest BCUT2D eigenvalue weighted by Gasteiger charge is -2.34. The van der Waals surface area contributed by atoms with Crippen molar-refractivity contribution in [2.75, 3.05) is 7.05 Å². The number of nitrogens with zero attached hydrogens (tertiary/aromatic N) is 1. The van der Waals surface area contributed by atoms with E-state index in [-0.39, 0.29) is 0 Å². The molecule has 0 fully saturated rings. The SMILES string of the molecule is CN(C(=O)OC(C)(C)C)C(C)(C=O)c1cc2c([nH]1)CCCC2. The van der Waals surface area contributed by atoms with Crippen molar-refractivity contribution in [2.45, 2.75) is 64.5 Å². The minimum absolute atomic E-state index is 0.505. The molecule has 1 unspecified atom stereocenters. The number of nitrogens with one attached hydrogen (secondary N) is 1. The fourth-order valence-corrected chi connectivity index (χ4v) is 2.72. The highest BCUT2D eigenvalue weighted by Crippen LogP contribution is 2.30. The second-order valence-electron chi connectivity index (χ2n) is 7.20. The maximum absolute atomic E-state index is 12.3. The van der Waals surface area contributed by atoms with Gasteiger partial charge in [-0.1, -0.05) is 0 Å². The first kappa shape index (κ1) is 16.6. The summed E-state index contributed by atoms with van der Waals surface area (Å²) >= 11 is 0. The molecule has 0 saturated carbocycles. The number of aromatic nitrogens is 1. The Morgan fingerprint density at radius 2 is 1.91 bits per heavy atom. The van der Waals surface area contributed by atoms with E-state index in [1.165, 1.54) is 22.6 Å². The van der Waals surface area contributed by atoms with Crippen LogP contribution in [-0.4, -0.2) is 34.9 Å². The first-order chi connectivity index (χ1) is 10.2. The largest absolute Gasteiger partial charge is 0.444 e. The van der Waals surface area contributed by atoms with Gasteiger partial charge in [0.05, 0.1) is 0 Å². The van der Waals surface area contributed by atoms with E-state index in [1.807, 2.05) is 26.8 Å². The van der Waals surface area contributed by atoms with E-state index in [0.717, 1.165) is 31.2 Å². The Balaban J connectivity index is 2.29. The summed E-state index contributed by atoms with van der Waals surface area (Å²) in [4.78, 5) is 28.8. The van der Waals surface area contributed by atoms with Crippen LogP contribution in [0.4, 0.5) is 4.79 Å². The van der Waals surface area contributed by atoms with Gasteiger partial charge in [-0.2, -0.15) is 0 Å². The Morgan fingerprint density at radius 1 is 1.27 bits per heavy atom. The van der Waals surface area contributed by atoms with E-state index < -0.39 is 17.2 Å². The quantitative estimate of drug-likeness (QED) is 0.872. The van der Waals surface area contributed by atoms with Crippen LogP contribution in [0.1, 0.15) is 57.5 Å². The van der Waals surface area contributed by atoms with E-state index in [9.17, 15) is 9.59 Å². The van der Waals surface area contributed by atoms with Crippen LogP contribution in [0, 0.1) is 0 Å². The molecule has 0 aromatic carbocycles. The first-order valence-electron chi connectivity index (χ1n) is 7.82. The molecule has 0 spiro atoms. The molecule has 0 bridgehead atoms. The van der Waals surface area contributed by atoms with Gasteiger partial charge in [0.2, 0.25) is 0 Å². The Hall–Kier alpha value is -1.78. The number of carbonyl (C=O) groups is 2. The van der Waals surface area contributed by atoms with E-state index in [0.29, 0.717) is 0 Å². The van der Waals surface area contributed by atoms with Gasteiger partial charge in [-0.05, 0) is 65.0 Å². The lowest BCUT2D eigenvalue weighted by molar-refractivity contribution is -0.117.